The average Bonchev–Trinajstić information content (AvgIpc) is 2.40. The molecule has 20 heavy (non-hydrogen) atoms. The van der Waals surface area contributed by atoms with Crippen LogP contribution in [0, 0.1) is 11.8 Å². The smallest absolute Gasteiger partial charge is 0.0233 e. The summed E-state index contributed by atoms with van der Waals surface area (Å²) in [5.74, 6) is 1.69. The first-order valence-corrected chi connectivity index (χ1v) is 8.18. The molecule has 0 aliphatic carbocycles. The molecule has 1 heterocycles. The van der Waals surface area contributed by atoms with Gasteiger partial charge in [0.15, 0.2) is 0 Å². The monoisotopic (exact) mass is 274 g/mol. The van der Waals surface area contributed by atoms with Crippen LogP contribution in [0.3, 0.4) is 0 Å². The van der Waals surface area contributed by atoms with Crippen LogP contribution >= 0.6 is 0 Å². The van der Waals surface area contributed by atoms with Gasteiger partial charge in [-0.25, -0.2) is 0 Å². The molecule has 2 heteroatoms. The van der Waals surface area contributed by atoms with Crippen molar-refractivity contribution in [2.45, 2.75) is 46.7 Å². The maximum atomic E-state index is 3.45. The highest BCUT2D eigenvalue weighted by molar-refractivity contribution is 5.22. The van der Waals surface area contributed by atoms with Gasteiger partial charge in [0.25, 0.3) is 0 Å². The molecule has 0 bridgehead atoms. The number of likely N-dealkylation sites (tertiary alicyclic amines) is 1. The molecule has 0 aromatic heterocycles. The molecule has 0 radical (unpaired) electrons. The van der Waals surface area contributed by atoms with E-state index in [-0.39, 0.29) is 0 Å². The van der Waals surface area contributed by atoms with Crippen molar-refractivity contribution < 1.29 is 0 Å². The summed E-state index contributed by atoms with van der Waals surface area (Å²) in [5, 5.41) is 3.45. The molecule has 0 saturated carbocycles. The summed E-state index contributed by atoms with van der Waals surface area (Å²) in [5.41, 5.74) is 2.84. The van der Waals surface area contributed by atoms with E-state index >= 15 is 0 Å². The van der Waals surface area contributed by atoms with Gasteiger partial charge >= 0.3 is 0 Å². The van der Waals surface area contributed by atoms with Gasteiger partial charge in [0.05, 0.1) is 0 Å². The van der Waals surface area contributed by atoms with Gasteiger partial charge in [0.1, 0.15) is 0 Å². The van der Waals surface area contributed by atoms with E-state index in [1.165, 1.54) is 37.1 Å². The van der Waals surface area contributed by atoms with E-state index in [2.05, 4.69) is 55.3 Å². The number of nitrogens with one attached hydrogen (secondary N) is 1. The first-order valence-electron chi connectivity index (χ1n) is 8.18. The molecule has 1 saturated heterocycles. The summed E-state index contributed by atoms with van der Waals surface area (Å²) in [7, 11) is 0. The van der Waals surface area contributed by atoms with Crippen molar-refractivity contribution in [3.63, 3.8) is 0 Å². The molecule has 2 nitrogen and oxygen atoms in total. The number of rotatable bonds is 6. The van der Waals surface area contributed by atoms with Crippen LogP contribution in [-0.2, 0) is 13.1 Å². The van der Waals surface area contributed by atoms with Crippen molar-refractivity contribution in [3.8, 4) is 0 Å². The standard InChI is InChI=1S/C18H30N2/c1-4-9-19-11-17-5-7-18(8-6-17)14-20-12-15(2)10-16(3)13-20/h5-8,15-16,19H,4,9-14H2,1-3H3. The second kappa shape index (κ2) is 7.80. The van der Waals surface area contributed by atoms with Crippen molar-refractivity contribution >= 4 is 0 Å². The molecular weight excluding hydrogens is 244 g/mol. The third kappa shape index (κ3) is 4.92. The first-order chi connectivity index (χ1) is 9.67. The fourth-order valence-electron chi connectivity index (χ4n) is 3.35. The highest BCUT2D eigenvalue weighted by Crippen LogP contribution is 2.22. The van der Waals surface area contributed by atoms with E-state index in [1.54, 1.807) is 0 Å². The lowest BCUT2D eigenvalue weighted by Crippen LogP contribution is -2.38. The van der Waals surface area contributed by atoms with E-state index < -0.39 is 0 Å². The van der Waals surface area contributed by atoms with Gasteiger partial charge in [-0.15, -0.1) is 0 Å². The third-order valence-corrected chi connectivity index (χ3v) is 4.13. The van der Waals surface area contributed by atoms with Crippen molar-refractivity contribution in [3.05, 3.63) is 35.4 Å². The topological polar surface area (TPSA) is 15.3 Å². The fraction of sp³-hybridized carbons (Fsp3) is 0.667. The number of hydrogen-bond donors (Lipinski definition) is 1. The van der Waals surface area contributed by atoms with E-state index in [0.717, 1.165) is 31.5 Å². The minimum atomic E-state index is 0.844. The van der Waals surface area contributed by atoms with Crippen molar-refractivity contribution in [1.29, 1.82) is 0 Å². The molecule has 0 spiro atoms. The van der Waals surface area contributed by atoms with Crippen molar-refractivity contribution in [1.82, 2.24) is 10.2 Å². The van der Waals surface area contributed by atoms with E-state index in [1.807, 2.05) is 0 Å². The number of nitrogens with zero attached hydrogens (tertiary/aromatic N) is 1. The zero-order chi connectivity index (χ0) is 14.4. The molecule has 1 aliphatic rings. The lowest BCUT2D eigenvalue weighted by Gasteiger charge is -2.35. The molecule has 1 N–H and O–H groups in total. The van der Waals surface area contributed by atoms with Crippen LogP contribution in [0.2, 0.25) is 0 Å². The second-order valence-corrected chi connectivity index (χ2v) is 6.63. The second-order valence-electron chi connectivity index (χ2n) is 6.63. The quantitative estimate of drug-likeness (QED) is 0.796. The van der Waals surface area contributed by atoms with Gasteiger partial charge in [-0.05, 0) is 42.3 Å². The zero-order valence-electron chi connectivity index (χ0n) is 13.4. The minimum absolute atomic E-state index is 0.844. The minimum Gasteiger partial charge on any atom is -0.313 e. The van der Waals surface area contributed by atoms with Gasteiger partial charge in [-0.3, -0.25) is 4.90 Å². The van der Waals surface area contributed by atoms with Gasteiger partial charge in [-0.2, -0.15) is 0 Å². The van der Waals surface area contributed by atoms with Crippen LogP contribution in [0.5, 0.6) is 0 Å². The van der Waals surface area contributed by atoms with E-state index in [4.69, 9.17) is 0 Å². The number of piperidine rings is 1. The Balaban J connectivity index is 1.83. The molecule has 2 unspecified atom stereocenters. The Hall–Kier alpha value is -0.860. The molecule has 1 aliphatic heterocycles. The molecule has 1 aromatic carbocycles. The summed E-state index contributed by atoms with van der Waals surface area (Å²) in [6.07, 6.45) is 2.59. The van der Waals surface area contributed by atoms with Gasteiger partial charge in [0.2, 0.25) is 0 Å². The Bertz CT molecular complexity index is 375. The lowest BCUT2D eigenvalue weighted by molar-refractivity contribution is 0.134. The van der Waals surface area contributed by atoms with Crippen LogP contribution < -0.4 is 5.32 Å². The first kappa shape index (κ1) is 15.5. The Morgan fingerprint density at radius 2 is 1.65 bits per heavy atom. The Kier molecular flexibility index (Phi) is 6.06. The maximum absolute atomic E-state index is 3.45. The average molecular weight is 274 g/mol. The van der Waals surface area contributed by atoms with Crippen LogP contribution in [0.25, 0.3) is 0 Å². The van der Waals surface area contributed by atoms with Crippen molar-refractivity contribution in [2.75, 3.05) is 19.6 Å². The van der Waals surface area contributed by atoms with Gasteiger partial charge in [-0.1, -0.05) is 45.0 Å². The maximum Gasteiger partial charge on any atom is 0.0233 e. The van der Waals surface area contributed by atoms with Crippen molar-refractivity contribution in [2.24, 2.45) is 11.8 Å². The number of hydrogen-bond acceptors (Lipinski definition) is 2. The summed E-state index contributed by atoms with van der Waals surface area (Å²) in [6.45, 7) is 12.7. The summed E-state index contributed by atoms with van der Waals surface area (Å²) in [6, 6.07) is 9.14. The summed E-state index contributed by atoms with van der Waals surface area (Å²) < 4.78 is 0. The predicted molar refractivity (Wildman–Crippen MR) is 86.7 cm³/mol. The molecular formula is C18H30N2. The molecule has 112 valence electrons. The zero-order valence-corrected chi connectivity index (χ0v) is 13.4. The lowest BCUT2D eigenvalue weighted by atomic mass is 9.91. The highest BCUT2D eigenvalue weighted by atomic mass is 15.1. The van der Waals surface area contributed by atoms with Gasteiger partial charge in [0, 0.05) is 26.2 Å². The normalized spacial score (nSPS) is 23.9. The molecule has 0 amide bonds. The van der Waals surface area contributed by atoms with Crippen LogP contribution in [-0.4, -0.2) is 24.5 Å². The predicted octanol–water partition coefficient (Wildman–Crippen LogP) is 3.66. The van der Waals surface area contributed by atoms with Gasteiger partial charge < -0.3 is 5.32 Å². The van der Waals surface area contributed by atoms with Crippen LogP contribution in [0.15, 0.2) is 24.3 Å². The third-order valence-electron chi connectivity index (χ3n) is 4.13. The Labute approximate surface area is 124 Å². The van der Waals surface area contributed by atoms with Crippen LogP contribution in [0.4, 0.5) is 0 Å². The largest absolute Gasteiger partial charge is 0.313 e. The molecule has 2 atom stereocenters. The Morgan fingerprint density at radius 1 is 1.05 bits per heavy atom. The van der Waals surface area contributed by atoms with Crippen LogP contribution in [0.1, 0.15) is 44.7 Å². The SMILES string of the molecule is CCCNCc1ccc(CN2CC(C)CC(C)C2)cc1. The molecule has 1 fully saturated rings. The summed E-state index contributed by atoms with van der Waals surface area (Å²) >= 11 is 0. The highest BCUT2D eigenvalue weighted by Gasteiger charge is 2.21. The molecule has 1 aromatic rings. The van der Waals surface area contributed by atoms with E-state index in [9.17, 15) is 0 Å². The molecule has 2 rings (SSSR count). The Morgan fingerprint density at radius 3 is 2.25 bits per heavy atom. The number of benzene rings is 1. The van der Waals surface area contributed by atoms with E-state index in [0.29, 0.717) is 0 Å². The summed E-state index contributed by atoms with van der Waals surface area (Å²) in [4.78, 5) is 2.61. The fourth-order valence-corrected chi connectivity index (χ4v) is 3.35.